The topological polar surface area (TPSA) is 78.1 Å². The van der Waals surface area contributed by atoms with E-state index >= 15 is 0 Å². The smallest absolute Gasteiger partial charge is 0.339 e. The molecule has 2 heterocycles. The summed E-state index contributed by atoms with van der Waals surface area (Å²) in [7, 11) is 0. The number of rotatable bonds is 4. The van der Waals surface area contributed by atoms with E-state index in [2.05, 4.69) is 19.6 Å². The molecule has 2 rings (SSSR count). The van der Waals surface area contributed by atoms with Gasteiger partial charge >= 0.3 is 12.4 Å². The Balaban J connectivity index is 2.19. The molecule has 0 N–H and O–H groups in total. The summed E-state index contributed by atoms with van der Waals surface area (Å²) < 4.78 is 34.0. The zero-order valence-corrected chi connectivity index (χ0v) is 9.84. The number of carbonyl (C=O) groups is 1. The molecule has 19 heavy (non-hydrogen) atoms. The maximum absolute atomic E-state index is 12.3. The lowest BCUT2D eigenvalue weighted by molar-refractivity contribution is 0.0526. The number of pyridine rings is 1. The standard InChI is InChI=1S/C11H9F2N3O3/c1-2-18-11(17)6-3-4-7(14-5-6)10-15-9(8(12)13)16-19-10/h3-5,8H,2H2,1H3. The molecule has 0 aromatic carbocycles. The summed E-state index contributed by atoms with van der Waals surface area (Å²) in [6.45, 7) is 1.94. The van der Waals surface area contributed by atoms with Gasteiger partial charge in [0.1, 0.15) is 5.69 Å². The van der Waals surface area contributed by atoms with Crippen LogP contribution in [-0.4, -0.2) is 27.7 Å². The molecule has 0 aliphatic heterocycles. The molecule has 2 aromatic heterocycles. The van der Waals surface area contributed by atoms with Gasteiger partial charge in [-0.05, 0) is 19.1 Å². The Morgan fingerprint density at radius 3 is 2.79 bits per heavy atom. The average molecular weight is 269 g/mol. The lowest BCUT2D eigenvalue weighted by atomic mass is 10.2. The summed E-state index contributed by atoms with van der Waals surface area (Å²) >= 11 is 0. The van der Waals surface area contributed by atoms with E-state index < -0.39 is 18.2 Å². The molecule has 0 aliphatic rings. The van der Waals surface area contributed by atoms with E-state index in [4.69, 9.17) is 4.74 Å². The number of halogens is 2. The molecular formula is C11H9F2N3O3. The van der Waals surface area contributed by atoms with Crippen LogP contribution in [0.25, 0.3) is 11.6 Å². The molecule has 0 radical (unpaired) electrons. The Morgan fingerprint density at radius 1 is 1.47 bits per heavy atom. The molecule has 0 amide bonds. The van der Waals surface area contributed by atoms with Crippen LogP contribution in [-0.2, 0) is 4.74 Å². The first kappa shape index (κ1) is 13.1. The average Bonchev–Trinajstić information content (AvgIpc) is 2.89. The maximum Gasteiger partial charge on any atom is 0.339 e. The normalized spacial score (nSPS) is 10.7. The van der Waals surface area contributed by atoms with Crippen LogP contribution in [0.2, 0.25) is 0 Å². The molecule has 0 fully saturated rings. The van der Waals surface area contributed by atoms with Crippen molar-refractivity contribution in [3.8, 4) is 11.6 Å². The molecule has 0 unspecified atom stereocenters. The molecule has 8 heteroatoms. The molecule has 0 saturated carbocycles. The maximum atomic E-state index is 12.3. The predicted octanol–water partition coefficient (Wildman–Crippen LogP) is 2.25. The predicted molar refractivity (Wildman–Crippen MR) is 58.4 cm³/mol. The fourth-order valence-corrected chi connectivity index (χ4v) is 1.28. The fourth-order valence-electron chi connectivity index (χ4n) is 1.28. The molecule has 6 nitrogen and oxygen atoms in total. The number of hydrogen-bond acceptors (Lipinski definition) is 6. The minimum absolute atomic E-state index is 0.134. The van der Waals surface area contributed by atoms with Crippen LogP contribution in [0.1, 0.15) is 29.5 Å². The molecular weight excluding hydrogens is 260 g/mol. The van der Waals surface area contributed by atoms with Crippen molar-refractivity contribution in [2.24, 2.45) is 0 Å². The van der Waals surface area contributed by atoms with Crippen molar-refractivity contribution >= 4 is 5.97 Å². The fraction of sp³-hybridized carbons (Fsp3) is 0.273. The zero-order chi connectivity index (χ0) is 13.8. The summed E-state index contributed by atoms with van der Waals surface area (Å²) in [5, 5.41) is 3.11. The number of hydrogen-bond donors (Lipinski definition) is 0. The zero-order valence-electron chi connectivity index (χ0n) is 9.84. The van der Waals surface area contributed by atoms with Crippen molar-refractivity contribution in [3.05, 3.63) is 29.7 Å². The van der Waals surface area contributed by atoms with Crippen LogP contribution < -0.4 is 0 Å². The van der Waals surface area contributed by atoms with E-state index in [0.29, 0.717) is 0 Å². The SMILES string of the molecule is CCOC(=O)c1ccc(-c2nc(C(F)F)no2)nc1. The van der Waals surface area contributed by atoms with Gasteiger partial charge in [0.15, 0.2) is 0 Å². The summed E-state index contributed by atoms with van der Waals surface area (Å²) in [5.74, 6) is -1.35. The molecule has 2 aromatic rings. The van der Waals surface area contributed by atoms with E-state index in [1.807, 2.05) is 0 Å². The van der Waals surface area contributed by atoms with Gasteiger partial charge in [-0.2, -0.15) is 4.98 Å². The highest BCUT2D eigenvalue weighted by Gasteiger charge is 2.17. The molecule has 0 atom stereocenters. The van der Waals surface area contributed by atoms with Gasteiger partial charge in [0, 0.05) is 6.20 Å². The van der Waals surface area contributed by atoms with Crippen LogP contribution in [0.4, 0.5) is 8.78 Å². The molecule has 0 aliphatic carbocycles. The third-order valence-electron chi connectivity index (χ3n) is 2.13. The molecule has 0 spiro atoms. The number of aromatic nitrogens is 3. The van der Waals surface area contributed by atoms with Gasteiger partial charge in [-0.1, -0.05) is 5.16 Å². The van der Waals surface area contributed by atoms with Gasteiger partial charge < -0.3 is 9.26 Å². The first-order chi connectivity index (χ1) is 9.11. The monoisotopic (exact) mass is 269 g/mol. The minimum Gasteiger partial charge on any atom is -0.462 e. The summed E-state index contributed by atoms with van der Waals surface area (Å²) in [5.41, 5.74) is 0.451. The third kappa shape index (κ3) is 2.90. The molecule has 0 bridgehead atoms. The second-order valence-electron chi connectivity index (χ2n) is 3.41. The van der Waals surface area contributed by atoms with Crippen molar-refractivity contribution < 1.29 is 22.8 Å². The van der Waals surface area contributed by atoms with Crippen molar-refractivity contribution in [2.45, 2.75) is 13.3 Å². The second-order valence-corrected chi connectivity index (χ2v) is 3.41. The Kier molecular flexibility index (Phi) is 3.79. The van der Waals surface area contributed by atoms with E-state index in [9.17, 15) is 13.6 Å². The van der Waals surface area contributed by atoms with Gasteiger partial charge in [0.05, 0.1) is 12.2 Å². The number of nitrogens with zero attached hydrogens (tertiary/aromatic N) is 3. The minimum atomic E-state index is -2.81. The summed E-state index contributed by atoms with van der Waals surface area (Å²) in [6.07, 6.45) is -1.56. The van der Waals surface area contributed by atoms with E-state index in [1.54, 1.807) is 6.92 Å². The van der Waals surface area contributed by atoms with E-state index in [0.717, 1.165) is 0 Å². The third-order valence-corrected chi connectivity index (χ3v) is 2.13. The van der Waals surface area contributed by atoms with E-state index in [1.165, 1.54) is 18.3 Å². The number of esters is 1. The molecule has 0 saturated heterocycles. The second kappa shape index (κ2) is 5.51. The lowest BCUT2D eigenvalue weighted by Crippen LogP contribution is -2.04. The van der Waals surface area contributed by atoms with Gasteiger partial charge in [-0.15, -0.1) is 0 Å². The first-order valence-electron chi connectivity index (χ1n) is 5.37. The highest BCUT2D eigenvalue weighted by molar-refractivity contribution is 5.89. The van der Waals surface area contributed by atoms with Crippen LogP contribution in [0.3, 0.4) is 0 Å². The van der Waals surface area contributed by atoms with Crippen molar-refractivity contribution in [1.82, 2.24) is 15.1 Å². The quantitative estimate of drug-likeness (QED) is 0.792. The highest BCUT2D eigenvalue weighted by Crippen LogP contribution is 2.20. The van der Waals surface area contributed by atoms with Crippen molar-refractivity contribution in [1.29, 1.82) is 0 Å². The summed E-state index contributed by atoms with van der Waals surface area (Å²) in [4.78, 5) is 18.7. The van der Waals surface area contributed by atoms with Crippen LogP contribution >= 0.6 is 0 Å². The Bertz CT molecular complexity index is 569. The largest absolute Gasteiger partial charge is 0.462 e. The highest BCUT2D eigenvalue weighted by atomic mass is 19.3. The molecule has 100 valence electrons. The van der Waals surface area contributed by atoms with Crippen LogP contribution in [0.15, 0.2) is 22.9 Å². The van der Waals surface area contributed by atoms with Crippen LogP contribution in [0.5, 0.6) is 0 Å². The number of alkyl halides is 2. The Labute approximate surface area is 106 Å². The Hall–Kier alpha value is -2.38. The van der Waals surface area contributed by atoms with Crippen LogP contribution in [0, 0.1) is 0 Å². The summed E-state index contributed by atoms with van der Waals surface area (Å²) in [6, 6.07) is 2.85. The van der Waals surface area contributed by atoms with Gasteiger partial charge in [0.2, 0.25) is 5.82 Å². The van der Waals surface area contributed by atoms with Crippen molar-refractivity contribution in [3.63, 3.8) is 0 Å². The number of carbonyl (C=O) groups excluding carboxylic acids is 1. The van der Waals surface area contributed by atoms with Gasteiger partial charge in [-0.3, -0.25) is 4.98 Å². The number of ether oxygens (including phenoxy) is 1. The van der Waals surface area contributed by atoms with Gasteiger partial charge in [-0.25, -0.2) is 13.6 Å². The first-order valence-corrected chi connectivity index (χ1v) is 5.37. The van der Waals surface area contributed by atoms with E-state index in [-0.39, 0.29) is 23.8 Å². The lowest BCUT2D eigenvalue weighted by Gasteiger charge is -2.00. The van der Waals surface area contributed by atoms with Gasteiger partial charge in [0.25, 0.3) is 5.89 Å². The van der Waals surface area contributed by atoms with Crippen molar-refractivity contribution in [2.75, 3.05) is 6.61 Å². The Morgan fingerprint density at radius 2 is 2.26 bits per heavy atom.